The maximum Gasteiger partial charge on any atom is 0.144 e. The number of benzene rings is 1. The highest BCUT2D eigenvalue weighted by Crippen LogP contribution is 2.22. The number of aromatic nitrogens is 2. The van der Waals surface area contributed by atoms with Crippen molar-refractivity contribution in [3.8, 4) is 11.4 Å². The number of rotatable bonds is 5. The Morgan fingerprint density at radius 2 is 2.14 bits per heavy atom. The van der Waals surface area contributed by atoms with Crippen LogP contribution in [0, 0.1) is 0 Å². The normalized spacial score (nSPS) is 19.0. The highest BCUT2D eigenvalue weighted by atomic mass is 16.5. The average Bonchev–Trinajstić information content (AvgIpc) is 3.17. The van der Waals surface area contributed by atoms with Gasteiger partial charge in [0.25, 0.3) is 0 Å². The molecule has 112 valence electrons. The number of likely N-dealkylation sites (tertiary alicyclic amines) is 1. The topological polar surface area (TPSA) is 39.5 Å². The first-order chi connectivity index (χ1) is 10.3. The van der Waals surface area contributed by atoms with Crippen LogP contribution in [0.5, 0.6) is 5.75 Å². The van der Waals surface area contributed by atoms with Gasteiger partial charge in [-0.1, -0.05) is 12.1 Å². The molecule has 0 radical (unpaired) electrons. The van der Waals surface area contributed by atoms with Gasteiger partial charge < -0.3 is 9.47 Å². The highest BCUT2D eigenvalue weighted by Gasteiger charge is 2.22. The van der Waals surface area contributed by atoms with Gasteiger partial charge in [-0.15, -0.1) is 0 Å². The molecule has 0 aliphatic carbocycles. The molecule has 0 N–H and O–H groups in total. The van der Waals surface area contributed by atoms with Gasteiger partial charge in [0.1, 0.15) is 11.4 Å². The summed E-state index contributed by atoms with van der Waals surface area (Å²) in [5.74, 6) is 0.827. The molecular weight excluding hydrogens is 266 g/mol. The Morgan fingerprint density at radius 3 is 2.90 bits per heavy atom. The molecule has 1 fully saturated rings. The van der Waals surface area contributed by atoms with Crippen LogP contribution in [-0.4, -0.2) is 48.1 Å². The molecule has 1 aromatic heterocycles. The van der Waals surface area contributed by atoms with Crippen LogP contribution in [-0.2, 0) is 11.3 Å². The number of ether oxygens (including phenoxy) is 2. The van der Waals surface area contributed by atoms with Crippen molar-refractivity contribution in [3.63, 3.8) is 0 Å². The molecule has 1 aliphatic rings. The molecule has 0 spiro atoms. The molecule has 3 rings (SSSR count). The monoisotopic (exact) mass is 287 g/mol. The summed E-state index contributed by atoms with van der Waals surface area (Å²) in [6.45, 7) is 2.99. The lowest BCUT2D eigenvalue weighted by molar-refractivity contribution is 0.107. The fourth-order valence-electron chi connectivity index (χ4n) is 2.78. The fraction of sp³-hybridized carbons (Fsp3) is 0.438. The third-order valence-electron chi connectivity index (χ3n) is 3.94. The first-order valence-electron chi connectivity index (χ1n) is 7.22. The molecule has 1 saturated heterocycles. The molecule has 1 atom stereocenters. The Kier molecular flexibility index (Phi) is 4.22. The summed E-state index contributed by atoms with van der Waals surface area (Å²) in [4.78, 5) is 2.40. The van der Waals surface area contributed by atoms with Crippen LogP contribution in [0.15, 0.2) is 36.7 Å². The van der Waals surface area contributed by atoms with Crippen molar-refractivity contribution < 1.29 is 9.47 Å². The van der Waals surface area contributed by atoms with Gasteiger partial charge in [-0.3, -0.25) is 4.90 Å². The molecule has 2 aromatic rings. The molecule has 0 bridgehead atoms. The van der Waals surface area contributed by atoms with E-state index in [0.29, 0.717) is 6.10 Å². The van der Waals surface area contributed by atoms with Crippen LogP contribution in [0.25, 0.3) is 5.69 Å². The van der Waals surface area contributed by atoms with Gasteiger partial charge in [-0.2, -0.15) is 5.10 Å². The zero-order valence-corrected chi connectivity index (χ0v) is 12.5. The van der Waals surface area contributed by atoms with E-state index in [9.17, 15) is 0 Å². The zero-order chi connectivity index (χ0) is 14.7. The summed E-state index contributed by atoms with van der Waals surface area (Å²) < 4.78 is 12.7. The van der Waals surface area contributed by atoms with E-state index < -0.39 is 0 Å². The molecule has 1 aliphatic heterocycles. The summed E-state index contributed by atoms with van der Waals surface area (Å²) in [7, 11) is 3.46. The third kappa shape index (κ3) is 3.09. The number of methoxy groups -OCH3 is 2. The van der Waals surface area contributed by atoms with Crippen molar-refractivity contribution in [1.29, 1.82) is 0 Å². The number of para-hydroxylation sites is 2. The molecule has 0 saturated carbocycles. The standard InChI is InChI=1S/C16H21N3O2/c1-20-14-7-8-18(12-14)10-13-9-17-19(11-13)15-5-3-4-6-16(15)21-2/h3-6,9,11,14H,7-8,10,12H2,1-2H3/t14-/m1/s1. The second kappa shape index (κ2) is 6.28. The van der Waals surface area contributed by atoms with E-state index in [0.717, 1.165) is 37.5 Å². The van der Waals surface area contributed by atoms with Crippen LogP contribution in [0.4, 0.5) is 0 Å². The average molecular weight is 287 g/mol. The Morgan fingerprint density at radius 1 is 1.29 bits per heavy atom. The van der Waals surface area contributed by atoms with Gasteiger partial charge in [0.05, 0.1) is 19.4 Å². The Bertz CT molecular complexity index is 597. The van der Waals surface area contributed by atoms with Gasteiger partial charge in [0, 0.05) is 38.5 Å². The van der Waals surface area contributed by atoms with E-state index in [1.54, 1.807) is 14.2 Å². The molecule has 1 aromatic carbocycles. The molecular formula is C16H21N3O2. The van der Waals surface area contributed by atoms with Gasteiger partial charge in [-0.05, 0) is 18.6 Å². The summed E-state index contributed by atoms with van der Waals surface area (Å²) in [5.41, 5.74) is 2.17. The van der Waals surface area contributed by atoms with E-state index in [2.05, 4.69) is 16.2 Å². The van der Waals surface area contributed by atoms with Crippen LogP contribution in [0.2, 0.25) is 0 Å². The SMILES string of the molecule is COc1ccccc1-n1cc(CN2CC[C@@H](OC)C2)cn1. The third-order valence-corrected chi connectivity index (χ3v) is 3.94. The van der Waals surface area contributed by atoms with E-state index in [-0.39, 0.29) is 0 Å². The maximum atomic E-state index is 5.40. The highest BCUT2D eigenvalue weighted by molar-refractivity contribution is 5.46. The van der Waals surface area contributed by atoms with Gasteiger partial charge in [0.2, 0.25) is 0 Å². The first-order valence-corrected chi connectivity index (χ1v) is 7.22. The molecule has 5 nitrogen and oxygen atoms in total. The van der Waals surface area contributed by atoms with Gasteiger partial charge in [-0.25, -0.2) is 4.68 Å². The number of nitrogens with zero attached hydrogens (tertiary/aromatic N) is 3. The van der Waals surface area contributed by atoms with E-state index >= 15 is 0 Å². The van der Waals surface area contributed by atoms with Crippen molar-refractivity contribution in [3.05, 3.63) is 42.2 Å². The first kappa shape index (κ1) is 14.1. The Labute approximate surface area is 125 Å². The second-order valence-corrected chi connectivity index (χ2v) is 5.35. The van der Waals surface area contributed by atoms with Gasteiger partial charge in [0.15, 0.2) is 0 Å². The van der Waals surface area contributed by atoms with E-state index in [4.69, 9.17) is 9.47 Å². The van der Waals surface area contributed by atoms with E-state index in [1.807, 2.05) is 35.1 Å². The minimum atomic E-state index is 0.370. The lowest BCUT2D eigenvalue weighted by Crippen LogP contribution is -2.22. The fourth-order valence-corrected chi connectivity index (χ4v) is 2.78. The minimum absolute atomic E-state index is 0.370. The maximum absolute atomic E-state index is 5.40. The summed E-state index contributed by atoms with van der Waals surface area (Å²) in [5, 5.41) is 4.46. The summed E-state index contributed by atoms with van der Waals surface area (Å²) in [6, 6.07) is 7.90. The van der Waals surface area contributed by atoms with Crippen molar-refractivity contribution in [2.45, 2.75) is 19.1 Å². The molecule has 5 heteroatoms. The van der Waals surface area contributed by atoms with Crippen molar-refractivity contribution in [2.24, 2.45) is 0 Å². The predicted molar refractivity (Wildman–Crippen MR) is 80.8 cm³/mol. The van der Waals surface area contributed by atoms with Gasteiger partial charge >= 0.3 is 0 Å². The van der Waals surface area contributed by atoms with Crippen molar-refractivity contribution >= 4 is 0 Å². The van der Waals surface area contributed by atoms with Crippen molar-refractivity contribution in [1.82, 2.24) is 14.7 Å². The summed E-state index contributed by atoms with van der Waals surface area (Å²) in [6.07, 6.45) is 5.47. The molecule has 2 heterocycles. The second-order valence-electron chi connectivity index (χ2n) is 5.35. The van der Waals surface area contributed by atoms with Crippen LogP contribution < -0.4 is 4.74 Å². The smallest absolute Gasteiger partial charge is 0.144 e. The number of hydrogen-bond acceptors (Lipinski definition) is 4. The Balaban J connectivity index is 1.72. The zero-order valence-electron chi connectivity index (χ0n) is 12.5. The quantitative estimate of drug-likeness (QED) is 0.844. The minimum Gasteiger partial charge on any atom is -0.494 e. The van der Waals surface area contributed by atoms with Crippen LogP contribution in [0.1, 0.15) is 12.0 Å². The van der Waals surface area contributed by atoms with E-state index in [1.165, 1.54) is 5.56 Å². The molecule has 0 amide bonds. The lowest BCUT2D eigenvalue weighted by atomic mass is 10.3. The summed E-state index contributed by atoms with van der Waals surface area (Å²) >= 11 is 0. The molecule has 21 heavy (non-hydrogen) atoms. The Hall–Kier alpha value is -1.85. The largest absolute Gasteiger partial charge is 0.494 e. The molecule has 0 unspecified atom stereocenters. The predicted octanol–water partition coefficient (Wildman–Crippen LogP) is 2.10. The lowest BCUT2D eigenvalue weighted by Gasteiger charge is -2.14. The number of hydrogen-bond donors (Lipinski definition) is 0. The van der Waals surface area contributed by atoms with Crippen molar-refractivity contribution in [2.75, 3.05) is 27.3 Å². The van der Waals surface area contributed by atoms with Crippen LogP contribution in [0.3, 0.4) is 0 Å². The van der Waals surface area contributed by atoms with Crippen LogP contribution >= 0.6 is 0 Å².